The Hall–Kier alpha value is -2.21. The zero-order chi connectivity index (χ0) is 19.7. The van der Waals surface area contributed by atoms with Gasteiger partial charge in [-0.1, -0.05) is 26.0 Å². The van der Waals surface area contributed by atoms with E-state index >= 15 is 0 Å². The average Bonchev–Trinajstić information content (AvgIpc) is 3.51. The van der Waals surface area contributed by atoms with Crippen molar-refractivity contribution in [1.29, 1.82) is 0 Å². The fraction of sp³-hybridized carbons (Fsp3) is 0.591. The minimum atomic E-state index is -0.149. The van der Waals surface area contributed by atoms with Gasteiger partial charge in [0.1, 0.15) is 6.54 Å². The third-order valence-corrected chi connectivity index (χ3v) is 6.10. The number of carbonyl (C=O) groups excluding carboxylic acids is 1. The molecule has 1 atom stereocenters. The van der Waals surface area contributed by atoms with Gasteiger partial charge in [-0.05, 0) is 43.2 Å². The van der Waals surface area contributed by atoms with Crippen LogP contribution in [0.15, 0.2) is 35.4 Å². The Bertz CT molecular complexity index is 903. The highest BCUT2D eigenvalue weighted by Crippen LogP contribution is 2.31. The molecule has 2 aliphatic rings. The molecular weight excluding hydrogens is 352 g/mol. The second-order valence-corrected chi connectivity index (χ2v) is 8.64. The predicted octanol–water partition coefficient (Wildman–Crippen LogP) is 2.37. The Morgan fingerprint density at radius 1 is 1.21 bits per heavy atom. The number of para-hydroxylation sites is 1. The van der Waals surface area contributed by atoms with Crippen LogP contribution in [0.25, 0.3) is 10.9 Å². The van der Waals surface area contributed by atoms with E-state index in [9.17, 15) is 9.59 Å². The molecule has 1 amide bonds. The number of aromatic nitrogens is 2. The molecule has 2 heterocycles. The minimum absolute atomic E-state index is 0.0121. The van der Waals surface area contributed by atoms with Gasteiger partial charge in [0.05, 0.1) is 17.2 Å². The molecule has 150 valence electrons. The lowest BCUT2D eigenvalue weighted by molar-refractivity contribution is -0.132. The summed E-state index contributed by atoms with van der Waals surface area (Å²) in [6, 6.07) is 7.66. The van der Waals surface area contributed by atoms with Gasteiger partial charge in [-0.15, -0.1) is 0 Å². The van der Waals surface area contributed by atoms with Gasteiger partial charge in [0, 0.05) is 32.2 Å². The summed E-state index contributed by atoms with van der Waals surface area (Å²) in [5.41, 5.74) is 0.520. The average molecular weight is 383 g/mol. The summed E-state index contributed by atoms with van der Waals surface area (Å²) in [6.07, 6.45) is 5.19. The molecule has 1 aromatic heterocycles. The molecule has 2 aromatic rings. The number of benzene rings is 1. The number of amides is 1. The van der Waals surface area contributed by atoms with E-state index in [1.165, 1.54) is 30.3 Å². The van der Waals surface area contributed by atoms with Crippen LogP contribution in [0.2, 0.25) is 0 Å². The van der Waals surface area contributed by atoms with Crippen LogP contribution in [-0.2, 0) is 11.3 Å². The highest BCUT2D eigenvalue weighted by atomic mass is 16.2. The largest absolute Gasteiger partial charge is 0.340 e. The zero-order valence-corrected chi connectivity index (χ0v) is 16.9. The molecule has 1 aliphatic carbocycles. The first-order chi connectivity index (χ1) is 13.5. The lowest BCUT2D eigenvalue weighted by Gasteiger charge is -2.34. The molecule has 1 aliphatic heterocycles. The van der Waals surface area contributed by atoms with E-state index < -0.39 is 0 Å². The summed E-state index contributed by atoms with van der Waals surface area (Å²) in [4.78, 5) is 34.6. The number of rotatable bonds is 5. The van der Waals surface area contributed by atoms with Crippen LogP contribution >= 0.6 is 0 Å². The summed E-state index contributed by atoms with van der Waals surface area (Å²) in [7, 11) is 0. The SMILES string of the molecule is CC(C)C1CN(C(=O)Cn2cnc3ccccc3c2=O)CCCN1CC1CC1. The van der Waals surface area contributed by atoms with E-state index in [-0.39, 0.29) is 18.0 Å². The maximum Gasteiger partial charge on any atom is 0.261 e. The van der Waals surface area contributed by atoms with Crippen molar-refractivity contribution in [2.45, 2.75) is 45.7 Å². The molecule has 0 radical (unpaired) electrons. The molecule has 6 heteroatoms. The summed E-state index contributed by atoms with van der Waals surface area (Å²) in [5, 5.41) is 0.560. The van der Waals surface area contributed by atoms with Crippen molar-refractivity contribution in [2.75, 3.05) is 26.2 Å². The van der Waals surface area contributed by atoms with Gasteiger partial charge in [-0.25, -0.2) is 4.98 Å². The summed E-state index contributed by atoms with van der Waals surface area (Å²) >= 11 is 0. The first-order valence-corrected chi connectivity index (χ1v) is 10.5. The Kier molecular flexibility index (Phi) is 5.49. The Balaban J connectivity index is 1.49. The molecule has 0 bridgehead atoms. The third kappa shape index (κ3) is 4.12. The van der Waals surface area contributed by atoms with Crippen LogP contribution < -0.4 is 5.56 Å². The van der Waals surface area contributed by atoms with Gasteiger partial charge in [-0.2, -0.15) is 0 Å². The standard InChI is InChI=1S/C22H30N4O2/c1-16(2)20-13-25(11-5-10-24(20)12-17-8-9-17)21(27)14-26-15-23-19-7-4-3-6-18(19)22(26)28/h3-4,6-7,15-17,20H,5,8-14H2,1-2H3. The molecule has 0 N–H and O–H groups in total. The zero-order valence-electron chi connectivity index (χ0n) is 16.9. The number of hydrogen-bond acceptors (Lipinski definition) is 4. The molecule has 1 saturated heterocycles. The van der Waals surface area contributed by atoms with E-state index in [0.717, 1.165) is 32.0 Å². The molecule has 0 spiro atoms. The summed E-state index contributed by atoms with van der Waals surface area (Å²) < 4.78 is 1.45. The van der Waals surface area contributed by atoms with E-state index in [4.69, 9.17) is 0 Å². The van der Waals surface area contributed by atoms with E-state index in [2.05, 4.69) is 23.7 Å². The lowest BCUT2D eigenvalue weighted by Crippen LogP contribution is -2.47. The summed E-state index contributed by atoms with van der Waals surface area (Å²) in [6.45, 7) is 8.29. The monoisotopic (exact) mass is 382 g/mol. The van der Waals surface area contributed by atoms with Crippen LogP contribution in [0.1, 0.15) is 33.1 Å². The van der Waals surface area contributed by atoms with Gasteiger partial charge in [0.2, 0.25) is 5.91 Å². The van der Waals surface area contributed by atoms with E-state index in [0.29, 0.717) is 22.9 Å². The van der Waals surface area contributed by atoms with Crippen molar-refractivity contribution in [3.63, 3.8) is 0 Å². The van der Waals surface area contributed by atoms with Gasteiger partial charge in [0.15, 0.2) is 0 Å². The Labute approximate surface area is 166 Å². The highest BCUT2D eigenvalue weighted by Gasteiger charge is 2.33. The van der Waals surface area contributed by atoms with Crippen molar-refractivity contribution in [1.82, 2.24) is 19.4 Å². The molecule has 1 aromatic carbocycles. The van der Waals surface area contributed by atoms with Crippen molar-refractivity contribution in [3.05, 3.63) is 40.9 Å². The molecular formula is C22H30N4O2. The number of nitrogens with zero attached hydrogens (tertiary/aromatic N) is 4. The molecule has 4 rings (SSSR count). The van der Waals surface area contributed by atoms with Gasteiger partial charge in [0.25, 0.3) is 5.56 Å². The molecule has 1 unspecified atom stereocenters. The van der Waals surface area contributed by atoms with E-state index in [1.807, 2.05) is 23.1 Å². The van der Waals surface area contributed by atoms with E-state index in [1.54, 1.807) is 6.07 Å². The minimum Gasteiger partial charge on any atom is -0.340 e. The first-order valence-electron chi connectivity index (χ1n) is 10.5. The maximum absolute atomic E-state index is 13.0. The molecule has 6 nitrogen and oxygen atoms in total. The van der Waals surface area contributed by atoms with Gasteiger partial charge < -0.3 is 4.90 Å². The predicted molar refractivity (Wildman–Crippen MR) is 110 cm³/mol. The second kappa shape index (κ2) is 8.03. The number of hydrogen-bond donors (Lipinski definition) is 0. The Morgan fingerprint density at radius 3 is 2.75 bits per heavy atom. The van der Waals surface area contributed by atoms with Crippen molar-refractivity contribution in [2.24, 2.45) is 11.8 Å². The van der Waals surface area contributed by atoms with Crippen molar-refractivity contribution in [3.8, 4) is 0 Å². The van der Waals surface area contributed by atoms with Crippen LogP contribution in [0.5, 0.6) is 0 Å². The van der Waals surface area contributed by atoms with Crippen LogP contribution in [0.3, 0.4) is 0 Å². The van der Waals surface area contributed by atoms with Crippen LogP contribution in [0.4, 0.5) is 0 Å². The van der Waals surface area contributed by atoms with Crippen molar-refractivity contribution < 1.29 is 4.79 Å². The number of fused-ring (bicyclic) bond motifs is 1. The molecule has 1 saturated carbocycles. The van der Waals surface area contributed by atoms with Crippen LogP contribution in [-0.4, -0.2) is 57.5 Å². The number of carbonyl (C=O) groups is 1. The van der Waals surface area contributed by atoms with Crippen molar-refractivity contribution >= 4 is 16.8 Å². The Morgan fingerprint density at radius 2 is 2.00 bits per heavy atom. The lowest BCUT2D eigenvalue weighted by atomic mass is 10.0. The van der Waals surface area contributed by atoms with Crippen LogP contribution in [0, 0.1) is 11.8 Å². The topological polar surface area (TPSA) is 58.4 Å². The van der Waals surface area contributed by atoms with Gasteiger partial charge in [-0.3, -0.25) is 19.1 Å². The maximum atomic E-state index is 13.0. The normalized spacial score (nSPS) is 21.2. The quantitative estimate of drug-likeness (QED) is 0.797. The van der Waals surface area contributed by atoms with Gasteiger partial charge >= 0.3 is 0 Å². The third-order valence-electron chi connectivity index (χ3n) is 6.10. The molecule has 28 heavy (non-hydrogen) atoms. The smallest absolute Gasteiger partial charge is 0.261 e. The first kappa shape index (κ1) is 19.1. The second-order valence-electron chi connectivity index (χ2n) is 8.64. The summed E-state index contributed by atoms with van der Waals surface area (Å²) in [5.74, 6) is 1.36. The fourth-order valence-electron chi connectivity index (χ4n) is 4.25. The fourth-order valence-corrected chi connectivity index (χ4v) is 4.25. The molecule has 2 fully saturated rings. The highest BCUT2D eigenvalue weighted by molar-refractivity contribution is 5.79.